The summed E-state index contributed by atoms with van der Waals surface area (Å²) in [5.74, 6) is 0.819. The van der Waals surface area contributed by atoms with Gasteiger partial charge in [-0.05, 0) is 43.3 Å². The van der Waals surface area contributed by atoms with E-state index in [1.807, 2.05) is 13.0 Å². The van der Waals surface area contributed by atoms with Gasteiger partial charge in [0.2, 0.25) is 0 Å². The second-order valence-electron chi connectivity index (χ2n) is 6.42. The first-order chi connectivity index (χ1) is 15.1. The van der Waals surface area contributed by atoms with Crippen molar-refractivity contribution < 1.29 is 23.4 Å². The fraction of sp³-hybridized carbons (Fsp3) is 0.167. The van der Waals surface area contributed by atoms with Crippen molar-refractivity contribution in [3.05, 3.63) is 89.2 Å². The molecule has 1 N–H and O–H groups in total. The first-order valence-electron chi connectivity index (χ1n) is 9.71. The molecule has 1 amide bonds. The maximum Gasteiger partial charge on any atom is 0.271 e. The highest BCUT2D eigenvalue weighted by atomic mass is 19.1. The van der Waals surface area contributed by atoms with E-state index in [2.05, 4.69) is 10.5 Å². The molecule has 3 aromatic carbocycles. The van der Waals surface area contributed by atoms with Crippen LogP contribution in [-0.4, -0.2) is 25.8 Å². The first-order valence-corrected chi connectivity index (χ1v) is 9.71. The lowest BCUT2D eigenvalue weighted by Crippen LogP contribution is -2.17. The largest absolute Gasteiger partial charge is 0.493 e. The molecule has 160 valence electrons. The molecule has 7 heteroatoms. The van der Waals surface area contributed by atoms with Gasteiger partial charge in [-0.15, -0.1) is 0 Å². The van der Waals surface area contributed by atoms with Crippen molar-refractivity contribution in [2.45, 2.75) is 13.5 Å². The maximum absolute atomic E-state index is 13.8. The Hall–Kier alpha value is -3.87. The van der Waals surface area contributed by atoms with E-state index in [4.69, 9.17) is 14.2 Å². The molecule has 0 saturated heterocycles. The van der Waals surface area contributed by atoms with E-state index in [1.54, 1.807) is 54.6 Å². The number of hydrogen-bond acceptors (Lipinski definition) is 5. The lowest BCUT2D eigenvalue weighted by molar-refractivity contribution is 0.0954. The highest BCUT2D eigenvalue weighted by Gasteiger charge is 2.11. The summed E-state index contributed by atoms with van der Waals surface area (Å²) in [7, 11) is 1.54. The van der Waals surface area contributed by atoms with E-state index in [-0.39, 0.29) is 12.4 Å². The van der Waals surface area contributed by atoms with Crippen LogP contribution in [0.15, 0.2) is 71.8 Å². The number of ether oxygens (including phenoxy) is 3. The minimum Gasteiger partial charge on any atom is -0.493 e. The standard InChI is InChI=1S/C24H23FN2O4/c1-3-30-23-14-17(12-13-22(23)29-2)24(28)27-26-15-18-8-5-7-11-21(18)31-16-19-9-4-6-10-20(19)25/h4-15H,3,16H2,1-2H3,(H,27,28)/b26-15+. The minimum atomic E-state index is -0.399. The Kier molecular flexibility index (Phi) is 7.59. The van der Waals surface area contributed by atoms with Crippen LogP contribution in [0.1, 0.15) is 28.4 Å². The Morgan fingerprint density at radius 1 is 1.00 bits per heavy atom. The Labute approximate surface area is 180 Å². The predicted octanol–water partition coefficient (Wildman–Crippen LogP) is 4.58. The number of benzene rings is 3. The van der Waals surface area contributed by atoms with Crippen molar-refractivity contribution in [1.82, 2.24) is 5.43 Å². The summed E-state index contributed by atoms with van der Waals surface area (Å²) in [6.45, 7) is 2.38. The molecule has 0 unspecified atom stereocenters. The molecule has 0 saturated carbocycles. The zero-order chi connectivity index (χ0) is 22.1. The van der Waals surface area contributed by atoms with Gasteiger partial charge in [-0.1, -0.05) is 30.3 Å². The smallest absolute Gasteiger partial charge is 0.271 e. The minimum absolute atomic E-state index is 0.0793. The quantitative estimate of drug-likeness (QED) is 0.405. The zero-order valence-corrected chi connectivity index (χ0v) is 17.3. The topological polar surface area (TPSA) is 69.2 Å². The molecule has 0 aliphatic rings. The molecule has 3 rings (SSSR count). The number of nitrogens with one attached hydrogen (secondary N) is 1. The third kappa shape index (κ3) is 5.82. The highest BCUT2D eigenvalue weighted by Crippen LogP contribution is 2.28. The maximum atomic E-state index is 13.8. The Morgan fingerprint density at radius 2 is 1.77 bits per heavy atom. The molecule has 0 bridgehead atoms. The number of rotatable bonds is 9. The normalized spacial score (nSPS) is 10.7. The molecule has 0 fully saturated rings. The van der Waals surface area contributed by atoms with Gasteiger partial charge in [0.25, 0.3) is 5.91 Å². The fourth-order valence-corrected chi connectivity index (χ4v) is 2.80. The lowest BCUT2D eigenvalue weighted by atomic mass is 10.2. The number of halogens is 1. The Balaban J connectivity index is 1.66. The Bertz CT molecular complexity index is 1070. The summed E-state index contributed by atoms with van der Waals surface area (Å²) < 4.78 is 30.3. The summed E-state index contributed by atoms with van der Waals surface area (Å²) >= 11 is 0. The van der Waals surface area contributed by atoms with E-state index in [1.165, 1.54) is 19.4 Å². The van der Waals surface area contributed by atoms with Crippen molar-refractivity contribution in [2.75, 3.05) is 13.7 Å². The van der Waals surface area contributed by atoms with E-state index in [9.17, 15) is 9.18 Å². The Morgan fingerprint density at radius 3 is 2.55 bits per heavy atom. The summed E-state index contributed by atoms with van der Waals surface area (Å²) in [5.41, 5.74) is 3.96. The van der Waals surface area contributed by atoms with Crippen LogP contribution in [0.4, 0.5) is 4.39 Å². The number of methoxy groups -OCH3 is 1. The molecule has 0 aliphatic carbocycles. The van der Waals surface area contributed by atoms with Crippen LogP contribution < -0.4 is 19.6 Å². The van der Waals surface area contributed by atoms with Gasteiger partial charge in [0.15, 0.2) is 11.5 Å². The lowest BCUT2D eigenvalue weighted by Gasteiger charge is -2.10. The van der Waals surface area contributed by atoms with Crippen molar-refractivity contribution in [3.63, 3.8) is 0 Å². The molecule has 0 aromatic heterocycles. The summed E-state index contributed by atoms with van der Waals surface area (Å²) in [5, 5.41) is 4.02. The molecule has 3 aromatic rings. The SMILES string of the molecule is CCOc1cc(C(=O)N/N=C/c2ccccc2OCc2ccccc2F)ccc1OC. The zero-order valence-electron chi connectivity index (χ0n) is 17.3. The number of hydrazone groups is 1. The number of para-hydroxylation sites is 1. The number of hydrogen-bond donors (Lipinski definition) is 1. The van der Waals surface area contributed by atoms with Gasteiger partial charge in [0.05, 0.1) is 19.9 Å². The van der Waals surface area contributed by atoms with Crippen LogP contribution in [0.3, 0.4) is 0 Å². The van der Waals surface area contributed by atoms with Gasteiger partial charge >= 0.3 is 0 Å². The first kappa shape index (κ1) is 21.8. The molecule has 31 heavy (non-hydrogen) atoms. The summed E-state index contributed by atoms with van der Waals surface area (Å²) in [4.78, 5) is 12.4. The van der Waals surface area contributed by atoms with Gasteiger partial charge in [-0.3, -0.25) is 4.79 Å². The second-order valence-corrected chi connectivity index (χ2v) is 6.42. The average molecular weight is 422 g/mol. The van der Waals surface area contributed by atoms with Crippen molar-refractivity contribution >= 4 is 12.1 Å². The van der Waals surface area contributed by atoms with Crippen LogP contribution in [0.5, 0.6) is 17.2 Å². The molecule has 0 heterocycles. The van der Waals surface area contributed by atoms with Gasteiger partial charge in [-0.25, -0.2) is 9.82 Å². The fourth-order valence-electron chi connectivity index (χ4n) is 2.80. The average Bonchev–Trinajstić information content (AvgIpc) is 2.79. The summed E-state index contributed by atoms with van der Waals surface area (Å²) in [6, 6.07) is 18.5. The molecule has 0 spiro atoms. The molecule has 0 radical (unpaired) electrons. The van der Waals surface area contributed by atoms with Gasteiger partial charge < -0.3 is 14.2 Å². The van der Waals surface area contributed by atoms with Crippen LogP contribution in [0, 0.1) is 5.82 Å². The highest BCUT2D eigenvalue weighted by molar-refractivity contribution is 5.95. The number of carbonyl (C=O) groups excluding carboxylic acids is 1. The predicted molar refractivity (Wildman–Crippen MR) is 116 cm³/mol. The molecule has 0 aliphatic heterocycles. The van der Waals surface area contributed by atoms with Crippen LogP contribution in [0.25, 0.3) is 0 Å². The van der Waals surface area contributed by atoms with Crippen molar-refractivity contribution in [1.29, 1.82) is 0 Å². The van der Waals surface area contributed by atoms with Gasteiger partial charge in [0.1, 0.15) is 18.2 Å². The van der Waals surface area contributed by atoms with Crippen LogP contribution >= 0.6 is 0 Å². The van der Waals surface area contributed by atoms with Gasteiger partial charge in [-0.2, -0.15) is 5.10 Å². The van der Waals surface area contributed by atoms with E-state index < -0.39 is 5.91 Å². The molecular weight excluding hydrogens is 399 g/mol. The third-order valence-corrected chi connectivity index (χ3v) is 4.36. The van der Waals surface area contributed by atoms with Crippen LogP contribution in [0.2, 0.25) is 0 Å². The number of nitrogens with zero attached hydrogens (tertiary/aromatic N) is 1. The molecule has 0 atom stereocenters. The van der Waals surface area contributed by atoms with Crippen molar-refractivity contribution in [2.24, 2.45) is 5.10 Å². The number of carbonyl (C=O) groups is 1. The van der Waals surface area contributed by atoms with E-state index in [0.717, 1.165) is 0 Å². The second kappa shape index (κ2) is 10.8. The number of amides is 1. The molecular formula is C24H23FN2O4. The summed E-state index contributed by atoms with van der Waals surface area (Å²) in [6.07, 6.45) is 1.47. The van der Waals surface area contributed by atoms with E-state index >= 15 is 0 Å². The monoisotopic (exact) mass is 422 g/mol. The van der Waals surface area contributed by atoms with Gasteiger partial charge in [0, 0.05) is 16.7 Å². The van der Waals surface area contributed by atoms with Crippen molar-refractivity contribution in [3.8, 4) is 17.2 Å². The van der Waals surface area contributed by atoms with E-state index in [0.29, 0.717) is 40.5 Å². The van der Waals surface area contributed by atoms with Crippen LogP contribution in [-0.2, 0) is 6.61 Å². The molecule has 6 nitrogen and oxygen atoms in total. The third-order valence-electron chi connectivity index (χ3n) is 4.36.